The number of rotatable bonds is 4. The topological polar surface area (TPSA) is 85.2 Å². The van der Waals surface area contributed by atoms with Crippen molar-refractivity contribution in [2.45, 2.75) is 32.2 Å². The number of pyridine rings is 1. The Labute approximate surface area is 152 Å². The molecule has 8 heteroatoms. The summed E-state index contributed by atoms with van der Waals surface area (Å²) in [5.74, 6) is 0.433. The molecule has 0 N–H and O–H groups in total. The monoisotopic (exact) mass is 374 g/mol. The summed E-state index contributed by atoms with van der Waals surface area (Å²) in [5, 5.41) is 0. The van der Waals surface area contributed by atoms with Gasteiger partial charge in [0.15, 0.2) is 0 Å². The molecule has 2 aromatic rings. The molecule has 4 heterocycles. The second kappa shape index (κ2) is 6.59. The molecular formula is C18H22N4O3S. The van der Waals surface area contributed by atoms with Gasteiger partial charge in [-0.15, -0.1) is 0 Å². The Balaban J connectivity index is 1.70. The zero-order valence-corrected chi connectivity index (χ0v) is 15.5. The van der Waals surface area contributed by atoms with Crippen LogP contribution in [0.3, 0.4) is 0 Å². The van der Waals surface area contributed by atoms with E-state index in [1.165, 1.54) is 6.33 Å². The van der Waals surface area contributed by atoms with Crippen molar-refractivity contribution >= 4 is 10.0 Å². The fourth-order valence-electron chi connectivity index (χ4n) is 4.17. The molecule has 2 aliphatic heterocycles. The second-order valence-electron chi connectivity index (χ2n) is 7.15. The van der Waals surface area contributed by atoms with E-state index in [1.54, 1.807) is 16.7 Å². The number of nitrogens with zero attached hydrogens (tertiary/aromatic N) is 4. The van der Waals surface area contributed by atoms with E-state index >= 15 is 0 Å². The third-order valence-corrected chi connectivity index (χ3v) is 7.31. The van der Waals surface area contributed by atoms with Crippen molar-refractivity contribution in [1.82, 2.24) is 18.8 Å². The summed E-state index contributed by atoms with van der Waals surface area (Å²) < 4.78 is 28.4. The predicted octanol–water partition coefficient (Wildman–Crippen LogP) is 1.46. The molecule has 7 nitrogen and oxygen atoms in total. The molecule has 1 saturated heterocycles. The maximum Gasteiger partial charge on any atom is 0.258 e. The third kappa shape index (κ3) is 2.97. The van der Waals surface area contributed by atoms with Crippen LogP contribution in [0.25, 0.3) is 11.1 Å². The lowest BCUT2D eigenvalue weighted by Crippen LogP contribution is -2.49. The Kier molecular flexibility index (Phi) is 4.40. The summed E-state index contributed by atoms with van der Waals surface area (Å²) in [6, 6.07) is 3.77. The van der Waals surface area contributed by atoms with Crippen molar-refractivity contribution in [2.24, 2.45) is 5.92 Å². The summed E-state index contributed by atoms with van der Waals surface area (Å²) >= 11 is 0. The Hall–Kier alpha value is -2.06. The molecule has 2 aromatic heterocycles. The summed E-state index contributed by atoms with van der Waals surface area (Å²) in [4.78, 5) is 21.0. The highest BCUT2D eigenvalue weighted by Gasteiger charge is 2.38. The molecule has 0 aliphatic carbocycles. The SMILES string of the molecule is CCCS(=O)(=O)N1C[C@H]2C[C@H](C1)c1ccc(-c3cncnc3)c(=O)n1C2. The quantitative estimate of drug-likeness (QED) is 0.809. The number of piperidine rings is 1. The van der Waals surface area contributed by atoms with Gasteiger partial charge in [0.25, 0.3) is 5.56 Å². The molecule has 0 unspecified atom stereocenters. The van der Waals surface area contributed by atoms with Crippen molar-refractivity contribution in [2.75, 3.05) is 18.8 Å². The maximum atomic E-state index is 13.0. The van der Waals surface area contributed by atoms with Crippen LogP contribution < -0.4 is 5.56 Å². The van der Waals surface area contributed by atoms with Crippen LogP contribution in [0.2, 0.25) is 0 Å². The molecule has 138 valence electrons. The highest BCUT2D eigenvalue weighted by atomic mass is 32.2. The van der Waals surface area contributed by atoms with E-state index in [4.69, 9.17) is 0 Å². The van der Waals surface area contributed by atoms with E-state index in [9.17, 15) is 13.2 Å². The second-order valence-corrected chi connectivity index (χ2v) is 9.23. The Morgan fingerprint density at radius 2 is 1.92 bits per heavy atom. The van der Waals surface area contributed by atoms with E-state index in [2.05, 4.69) is 9.97 Å². The van der Waals surface area contributed by atoms with Gasteiger partial charge in [-0.25, -0.2) is 22.7 Å². The summed E-state index contributed by atoms with van der Waals surface area (Å²) in [6.45, 7) is 3.41. The van der Waals surface area contributed by atoms with Gasteiger partial charge in [0.05, 0.1) is 11.3 Å². The number of hydrogen-bond donors (Lipinski definition) is 0. The molecule has 2 bridgehead atoms. The number of hydrogen-bond acceptors (Lipinski definition) is 5. The molecular weight excluding hydrogens is 352 g/mol. The van der Waals surface area contributed by atoms with E-state index in [-0.39, 0.29) is 23.1 Å². The van der Waals surface area contributed by atoms with Gasteiger partial charge in [-0.2, -0.15) is 0 Å². The van der Waals surface area contributed by atoms with Gasteiger partial charge in [-0.05, 0) is 30.9 Å². The molecule has 2 atom stereocenters. The third-order valence-electron chi connectivity index (χ3n) is 5.30. The Bertz CT molecular complexity index is 972. The van der Waals surface area contributed by atoms with Gasteiger partial charge < -0.3 is 4.57 Å². The van der Waals surface area contributed by atoms with Crippen LogP contribution in [-0.2, 0) is 16.6 Å². The molecule has 0 radical (unpaired) electrons. The first-order valence-electron chi connectivity index (χ1n) is 8.96. The average Bonchev–Trinajstić information content (AvgIpc) is 2.63. The van der Waals surface area contributed by atoms with Crippen molar-refractivity contribution in [1.29, 1.82) is 0 Å². The zero-order valence-electron chi connectivity index (χ0n) is 14.7. The molecule has 0 saturated carbocycles. The van der Waals surface area contributed by atoms with Crippen LogP contribution in [-0.4, -0.2) is 46.1 Å². The smallest absolute Gasteiger partial charge is 0.258 e. The van der Waals surface area contributed by atoms with Crippen molar-refractivity contribution in [3.05, 3.63) is 46.9 Å². The van der Waals surface area contributed by atoms with Crippen LogP contribution in [0, 0.1) is 5.92 Å². The van der Waals surface area contributed by atoms with Crippen LogP contribution in [0.4, 0.5) is 0 Å². The van der Waals surface area contributed by atoms with Crippen LogP contribution in [0.15, 0.2) is 35.6 Å². The van der Waals surface area contributed by atoms with Crippen LogP contribution in [0.5, 0.6) is 0 Å². The normalized spacial score (nSPS) is 22.8. The van der Waals surface area contributed by atoms with Gasteiger partial charge in [0, 0.05) is 49.2 Å². The number of sulfonamides is 1. The first-order valence-corrected chi connectivity index (χ1v) is 10.6. The first-order chi connectivity index (χ1) is 12.5. The molecule has 0 amide bonds. The van der Waals surface area contributed by atoms with E-state index in [0.717, 1.165) is 12.1 Å². The minimum atomic E-state index is -3.21. The highest BCUT2D eigenvalue weighted by Crippen LogP contribution is 2.36. The number of aromatic nitrogens is 3. The number of fused-ring (bicyclic) bond motifs is 4. The molecule has 4 rings (SSSR count). The molecule has 0 aromatic carbocycles. The van der Waals surface area contributed by atoms with Crippen molar-refractivity contribution in [3.63, 3.8) is 0 Å². The lowest BCUT2D eigenvalue weighted by molar-refractivity contribution is 0.186. The van der Waals surface area contributed by atoms with Gasteiger partial charge >= 0.3 is 0 Å². The fourth-order valence-corrected chi connectivity index (χ4v) is 5.79. The minimum absolute atomic E-state index is 0.0446. The molecule has 1 fully saturated rings. The summed E-state index contributed by atoms with van der Waals surface area (Å²) in [5.41, 5.74) is 2.18. The Morgan fingerprint density at radius 1 is 1.15 bits per heavy atom. The lowest BCUT2D eigenvalue weighted by atomic mass is 9.84. The van der Waals surface area contributed by atoms with Gasteiger partial charge in [-0.3, -0.25) is 4.79 Å². The lowest BCUT2D eigenvalue weighted by Gasteiger charge is -2.42. The molecule has 0 spiro atoms. The standard InChI is InChI=1S/C18H22N4O3S/c1-2-5-26(24,25)21-9-13-6-14(11-21)17-4-3-16(18(23)22(17)10-13)15-7-19-12-20-8-15/h3-4,7-8,12-14H,2,5-6,9-11H2,1H3/t13-,14-/m1/s1. The zero-order chi connectivity index (χ0) is 18.3. The fraction of sp³-hybridized carbons (Fsp3) is 0.500. The predicted molar refractivity (Wildman–Crippen MR) is 98.2 cm³/mol. The van der Waals surface area contributed by atoms with Crippen molar-refractivity contribution in [3.8, 4) is 11.1 Å². The average molecular weight is 374 g/mol. The largest absolute Gasteiger partial charge is 0.311 e. The summed E-state index contributed by atoms with van der Waals surface area (Å²) in [7, 11) is -3.21. The minimum Gasteiger partial charge on any atom is -0.311 e. The first kappa shape index (κ1) is 17.4. The molecule has 2 aliphatic rings. The summed E-state index contributed by atoms with van der Waals surface area (Å²) in [6.07, 6.45) is 6.27. The van der Waals surface area contributed by atoms with Gasteiger partial charge in [-0.1, -0.05) is 6.92 Å². The van der Waals surface area contributed by atoms with E-state index in [0.29, 0.717) is 37.2 Å². The van der Waals surface area contributed by atoms with E-state index in [1.807, 2.05) is 23.6 Å². The van der Waals surface area contributed by atoms with E-state index < -0.39 is 10.0 Å². The molecule has 26 heavy (non-hydrogen) atoms. The van der Waals surface area contributed by atoms with Crippen molar-refractivity contribution < 1.29 is 8.42 Å². The maximum absolute atomic E-state index is 13.0. The van der Waals surface area contributed by atoms with Crippen LogP contribution >= 0.6 is 0 Å². The van der Waals surface area contributed by atoms with Gasteiger partial charge in [0.1, 0.15) is 6.33 Å². The highest BCUT2D eigenvalue weighted by molar-refractivity contribution is 7.89. The van der Waals surface area contributed by atoms with Gasteiger partial charge in [0.2, 0.25) is 10.0 Å². The Morgan fingerprint density at radius 3 is 2.65 bits per heavy atom. The van der Waals surface area contributed by atoms with Crippen LogP contribution in [0.1, 0.15) is 31.4 Å².